The van der Waals surface area contributed by atoms with Crippen LogP contribution in [0.25, 0.3) is 22.4 Å². The predicted molar refractivity (Wildman–Crippen MR) is 150 cm³/mol. The molecule has 0 bridgehead atoms. The molecule has 2 N–H and O–H groups in total. The average Bonchev–Trinajstić information content (AvgIpc) is 3.24. The number of anilines is 1. The molecule has 1 fully saturated rings. The lowest BCUT2D eigenvalue weighted by molar-refractivity contribution is 0.0214. The van der Waals surface area contributed by atoms with Crippen molar-refractivity contribution in [2.24, 2.45) is 0 Å². The van der Waals surface area contributed by atoms with E-state index in [-0.39, 0.29) is 39.2 Å². The first-order valence-electron chi connectivity index (χ1n) is 12.4. The summed E-state index contributed by atoms with van der Waals surface area (Å²) >= 11 is 6.19. The number of halogens is 2. The third-order valence-electron chi connectivity index (χ3n) is 6.83. The highest BCUT2D eigenvalue weighted by atomic mass is 35.5. The topological polar surface area (TPSA) is 144 Å². The molecule has 10 nitrogen and oxygen atoms in total. The largest absolute Gasteiger partial charge is 0.389 e. The van der Waals surface area contributed by atoms with E-state index in [1.807, 2.05) is 6.92 Å². The summed E-state index contributed by atoms with van der Waals surface area (Å²) in [5.74, 6) is -1.28. The van der Waals surface area contributed by atoms with Crippen LogP contribution in [0, 0.1) is 12.7 Å². The van der Waals surface area contributed by atoms with Crippen LogP contribution in [0.5, 0.6) is 0 Å². The molecule has 14 heteroatoms. The maximum atomic E-state index is 14.9. The SMILES string of the molecule is Cc1ccc(S(=O)(=O)n2cc(-c3ncc(F)c(N[C@H]4CCC[C@](O)(CS(C)(=O)=O)C4)n3)c3cc(Cl)cnc32)cc1. The summed E-state index contributed by atoms with van der Waals surface area (Å²) in [4.78, 5) is 12.7. The zero-order valence-electron chi connectivity index (χ0n) is 21.7. The van der Waals surface area contributed by atoms with E-state index >= 15 is 0 Å². The van der Waals surface area contributed by atoms with Crippen molar-refractivity contribution in [1.82, 2.24) is 18.9 Å². The monoisotopic (exact) mass is 607 g/mol. The van der Waals surface area contributed by atoms with E-state index < -0.39 is 43.1 Å². The van der Waals surface area contributed by atoms with Crippen molar-refractivity contribution in [1.29, 1.82) is 0 Å². The lowest BCUT2D eigenvalue weighted by Crippen LogP contribution is -2.45. The molecule has 1 aromatic carbocycles. The van der Waals surface area contributed by atoms with Gasteiger partial charge in [-0.25, -0.2) is 40.2 Å². The fourth-order valence-electron chi connectivity index (χ4n) is 5.11. The Kier molecular flexibility index (Phi) is 7.36. The number of aromatic nitrogens is 4. The predicted octanol–water partition coefficient (Wildman–Crippen LogP) is 3.96. The smallest absolute Gasteiger partial charge is 0.269 e. The highest BCUT2D eigenvalue weighted by Crippen LogP contribution is 2.34. The molecule has 2 atom stereocenters. The number of rotatable bonds is 7. The number of aliphatic hydroxyl groups is 1. The molecule has 0 spiro atoms. The lowest BCUT2D eigenvalue weighted by Gasteiger charge is -2.36. The number of nitrogens with one attached hydrogen (secondary N) is 1. The minimum atomic E-state index is -4.06. The van der Waals surface area contributed by atoms with Crippen molar-refractivity contribution >= 4 is 48.3 Å². The van der Waals surface area contributed by atoms with Crippen LogP contribution in [-0.2, 0) is 19.9 Å². The number of hydrogen-bond acceptors (Lipinski definition) is 9. The van der Waals surface area contributed by atoms with E-state index in [2.05, 4.69) is 20.3 Å². The summed E-state index contributed by atoms with van der Waals surface area (Å²) in [6, 6.07) is 7.46. The van der Waals surface area contributed by atoms with Gasteiger partial charge in [0.25, 0.3) is 10.0 Å². The van der Waals surface area contributed by atoms with Crippen LogP contribution in [-0.4, -0.2) is 64.5 Å². The summed E-state index contributed by atoms with van der Waals surface area (Å²) in [5, 5.41) is 14.4. The first kappa shape index (κ1) is 28.4. The maximum Gasteiger partial charge on any atom is 0.269 e. The molecular formula is C26H27ClFN5O5S2. The fraction of sp³-hybridized carbons (Fsp3) is 0.346. The van der Waals surface area contributed by atoms with Gasteiger partial charge in [-0.05, 0) is 50.8 Å². The molecule has 0 saturated heterocycles. The van der Waals surface area contributed by atoms with Gasteiger partial charge in [-0.3, -0.25) is 0 Å². The number of fused-ring (bicyclic) bond motifs is 1. The van der Waals surface area contributed by atoms with Crippen LogP contribution >= 0.6 is 11.6 Å². The molecule has 5 rings (SSSR count). The normalized spacial score (nSPS) is 20.1. The van der Waals surface area contributed by atoms with Gasteiger partial charge >= 0.3 is 0 Å². The molecule has 1 aliphatic rings. The van der Waals surface area contributed by atoms with Crippen molar-refractivity contribution in [3.63, 3.8) is 0 Å². The van der Waals surface area contributed by atoms with Gasteiger partial charge in [0.2, 0.25) is 0 Å². The summed E-state index contributed by atoms with van der Waals surface area (Å²) in [5.41, 5.74) is -0.174. The number of nitrogens with zero attached hydrogens (tertiary/aromatic N) is 4. The Morgan fingerprint density at radius 1 is 1.18 bits per heavy atom. The van der Waals surface area contributed by atoms with E-state index in [1.165, 1.54) is 30.6 Å². The molecule has 0 aliphatic heterocycles. The zero-order chi connectivity index (χ0) is 28.9. The van der Waals surface area contributed by atoms with E-state index in [0.717, 1.165) is 22.0 Å². The van der Waals surface area contributed by atoms with Gasteiger partial charge in [0, 0.05) is 35.6 Å². The molecule has 212 valence electrons. The van der Waals surface area contributed by atoms with Crippen molar-refractivity contribution < 1.29 is 26.3 Å². The summed E-state index contributed by atoms with van der Waals surface area (Å²) < 4.78 is 66.6. The summed E-state index contributed by atoms with van der Waals surface area (Å²) in [6.45, 7) is 1.85. The van der Waals surface area contributed by atoms with Crippen LogP contribution in [0.2, 0.25) is 5.02 Å². The number of hydrogen-bond donors (Lipinski definition) is 2. The van der Waals surface area contributed by atoms with Crippen molar-refractivity contribution in [2.45, 2.75) is 49.1 Å². The van der Waals surface area contributed by atoms with Crippen LogP contribution in [0.1, 0.15) is 31.2 Å². The number of benzene rings is 1. The minimum absolute atomic E-state index is 0.0260. The van der Waals surface area contributed by atoms with Crippen molar-refractivity contribution in [3.05, 3.63) is 65.3 Å². The average molecular weight is 608 g/mol. The minimum Gasteiger partial charge on any atom is -0.389 e. The molecule has 3 heterocycles. The Morgan fingerprint density at radius 3 is 2.60 bits per heavy atom. The van der Waals surface area contributed by atoms with E-state index in [0.29, 0.717) is 24.6 Å². The highest BCUT2D eigenvalue weighted by molar-refractivity contribution is 7.90. The first-order chi connectivity index (χ1) is 18.7. The maximum absolute atomic E-state index is 14.9. The quantitative estimate of drug-likeness (QED) is 0.319. The van der Waals surface area contributed by atoms with Gasteiger partial charge in [-0.2, -0.15) is 0 Å². The molecule has 1 aliphatic carbocycles. The lowest BCUT2D eigenvalue weighted by atomic mass is 9.83. The van der Waals surface area contributed by atoms with Gasteiger partial charge in [0.1, 0.15) is 9.84 Å². The molecule has 0 radical (unpaired) electrons. The van der Waals surface area contributed by atoms with E-state index in [1.54, 1.807) is 12.1 Å². The molecule has 4 aromatic rings. The van der Waals surface area contributed by atoms with Crippen LogP contribution in [0.3, 0.4) is 0 Å². The van der Waals surface area contributed by atoms with Gasteiger partial charge in [-0.1, -0.05) is 29.3 Å². The third kappa shape index (κ3) is 5.82. The van der Waals surface area contributed by atoms with E-state index in [9.17, 15) is 26.3 Å². The van der Waals surface area contributed by atoms with Gasteiger partial charge in [0.05, 0.1) is 27.5 Å². The van der Waals surface area contributed by atoms with E-state index in [4.69, 9.17) is 11.6 Å². The molecule has 40 heavy (non-hydrogen) atoms. The number of pyridine rings is 1. The van der Waals surface area contributed by atoms with Crippen LogP contribution < -0.4 is 5.32 Å². The molecule has 3 aromatic heterocycles. The summed E-state index contributed by atoms with van der Waals surface area (Å²) in [6.07, 6.45) is 6.20. The Labute approximate surface area is 236 Å². The highest BCUT2D eigenvalue weighted by Gasteiger charge is 2.37. The van der Waals surface area contributed by atoms with Crippen molar-refractivity contribution in [3.8, 4) is 11.4 Å². The second-order valence-corrected chi connectivity index (χ2v) is 14.7. The molecule has 0 unspecified atom stereocenters. The first-order valence-corrected chi connectivity index (χ1v) is 16.3. The Hall–Kier alpha value is -3.13. The third-order valence-corrected chi connectivity index (χ3v) is 9.77. The number of sulfone groups is 1. The second-order valence-electron chi connectivity index (χ2n) is 10.3. The zero-order valence-corrected chi connectivity index (χ0v) is 24.1. The van der Waals surface area contributed by atoms with Crippen LogP contribution in [0.4, 0.5) is 10.2 Å². The van der Waals surface area contributed by atoms with Gasteiger partial charge in [0.15, 0.2) is 23.1 Å². The molecular weight excluding hydrogens is 581 g/mol. The van der Waals surface area contributed by atoms with Crippen LogP contribution in [0.15, 0.2) is 53.8 Å². The Bertz CT molecular complexity index is 1810. The van der Waals surface area contributed by atoms with Gasteiger partial charge < -0.3 is 10.4 Å². The standard InChI is InChI=1S/C26H27ClFN5O5S2/c1-16-5-7-19(8-6-16)40(37,38)33-14-21(20-10-17(27)12-30-25(20)33)23-29-13-22(28)24(32-23)31-18-4-3-9-26(34,11-18)15-39(2,35)36/h5-8,10,12-14,18,34H,3-4,9,11,15H2,1-2H3,(H,29,31,32)/t18-,26+/m0/s1. The van der Waals surface area contributed by atoms with Crippen molar-refractivity contribution in [2.75, 3.05) is 17.3 Å². The molecule has 1 saturated carbocycles. The fourth-order valence-corrected chi connectivity index (χ4v) is 7.83. The Morgan fingerprint density at radius 2 is 1.90 bits per heavy atom. The molecule has 0 amide bonds. The summed E-state index contributed by atoms with van der Waals surface area (Å²) in [7, 11) is -7.49. The Balaban J connectivity index is 1.54. The second kappa shape index (κ2) is 10.4. The number of aryl methyl sites for hydroxylation is 1. The van der Waals surface area contributed by atoms with Gasteiger partial charge in [-0.15, -0.1) is 0 Å².